The number of amides is 5. The third kappa shape index (κ3) is 3.28. The van der Waals surface area contributed by atoms with Gasteiger partial charge in [-0.3, -0.25) is 19.3 Å². The van der Waals surface area contributed by atoms with Crippen molar-refractivity contribution in [2.24, 2.45) is 0 Å². The molecular weight excluding hydrogens is 334 g/mol. The van der Waals surface area contributed by atoms with Crippen molar-refractivity contribution >= 4 is 29.3 Å². The Hall–Kier alpha value is -3.22. The van der Waals surface area contributed by atoms with E-state index in [1.54, 1.807) is 4.90 Å². The Balaban J connectivity index is 1.64. The largest absolute Gasteiger partial charge is 0.337 e. The maximum absolute atomic E-state index is 12.5. The first-order valence-electron chi connectivity index (χ1n) is 8.33. The zero-order chi connectivity index (χ0) is 18.7. The number of nitrogens with zero attached hydrogens (tertiary/aromatic N) is 3. The van der Waals surface area contributed by atoms with Crippen LogP contribution >= 0.6 is 0 Å². The van der Waals surface area contributed by atoms with Crippen LogP contribution in [0.1, 0.15) is 12.0 Å². The minimum absolute atomic E-state index is 0.0546. The van der Waals surface area contributed by atoms with Crippen LogP contribution in [-0.4, -0.2) is 64.6 Å². The van der Waals surface area contributed by atoms with Crippen molar-refractivity contribution in [2.45, 2.75) is 6.42 Å². The second-order valence-electron chi connectivity index (χ2n) is 6.06. The number of benzene rings is 1. The van der Waals surface area contributed by atoms with Gasteiger partial charge in [0.2, 0.25) is 5.91 Å². The second kappa shape index (κ2) is 7.35. The summed E-state index contributed by atoms with van der Waals surface area (Å²) in [5, 5.41) is 0. The minimum Gasteiger partial charge on any atom is -0.337 e. The van der Waals surface area contributed by atoms with Gasteiger partial charge in [-0.1, -0.05) is 42.5 Å². The molecule has 0 unspecified atom stereocenters. The summed E-state index contributed by atoms with van der Waals surface area (Å²) in [6.07, 6.45) is 4.02. The molecule has 1 aromatic carbocycles. The quantitative estimate of drug-likeness (QED) is 0.454. The number of hydrogen-bond donors (Lipinski definition) is 0. The summed E-state index contributed by atoms with van der Waals surface area (Å²) in [6, 6.07) is 9.14. The molecule has 26 heavy (non-hydrogen) atoms. The van der Waals surface area contributed by atoms with Crippen LogP contribution in [0.15, 0.2) is 49.1 Å². The Morgan fingerprint density at radius 2 is 1.77 bits per heavy atom. The number of imide groups is 2. The van der Waals surface area contributed by atoms with Gasteiger partial charge in [-0.25, -0.2) is 9.69 Å². The highest BCUT2D eigenvalue weighted by atomic mass is 16.2. The van der Waals surface area contributed by atoms with Crippen LogP contribution in [0.3, 0.4) is 0 Å². The van der Waals surface area contributed by atoms with Gasteiger partial charge in [-0.05, 0) is 17.6 Å². The normalized spacial score (nSPS) is 17.6. The molecule has 0 aromatic heterocycles. The number of rotatable bonds is 5. The Bertz CT molecular complexity index is 800. The summed E-state index contributed by atoms with van der Waals surface area (Å²) < 4.78 is 0. The molecule has 2 aliphatic rings. The van der Waals surface area contributed by atoms with Crippen molar-refractivity contribution in [3.8, 4) is 0 Å². The Labute approximate surface area is 151 Å². The van der Waals surface area contributed by atoms with Gasteiger partial charge in [0.25, 0.3) is 0 Å². The lowest BCUT2D eigenvalue weighted by molar-refractivity contribution is -0.144. The molecule has 7 heteroatoms. The van der Waals surface area contributed by atoms with E-state index in [0.717, 1.165) is 16.0 Å². The summed E-state index contributed by atoms with van der Waals surface area (Å²) in [6.45, 7) is 3.88. The maximum Gasteiger partial charge on any atom is 0.335 e. The Morgan fingerprint density at radius 1 is 1.08 bits per heavy atom. The van der Waals surface area contributed by atoms with Crippen molar-refractivity contribution in [1.29, 1.82) is 0 Å². The summed E-state index contributed by atoms with van der Waals surface area (Å²) in [7, 11) is 0. The molecular formula is C19H19N3O4. The molecule has 0 bridgehead atoms. The van der Waals surface area contributed by atoms with E-state index in [2.05, 4.69) is 6.58 Å². The first-order chi connectivity index (χ1) is 12.5. The van der Waals surface area contributed by atoms with E-state index < -0.39 is 24.4 Å². The topological polar surface area (TPSA) is 78.0 Å². The fourth-order valence-corrected chi connectivity index (χ4v) is 3.03. The summed E-state index contributed by atoms with van der Waals surface area (Å²) >= 11 is 0. The van der Waals surface area contributed by atoms with Gasteiger partial charge in [0.1, 0.15) is 6.54 Å². The molecule has 0 atom stereocenters. The smallest absolute Gasteiger partial charge is 0.335 e. The molecule has 0 saturated carbocycles. The molecule has 1 fully saturated rings. The van der Waals surface area contributed by atoms with E-state index in [1.165, 1.54) is 6.08 Å². The standard InChI is InChI=1S/C19H19N3O4/c1-2-10-21-17(24)18(25)22(19(21)26)13-16(23)20-11-8-15(9-12-20)14-6-4-3-5-7-14/h2-8H,1,9-13H2. The van der Waals surface area contributed by atoms with Crippen LogP contribution in [0.25, 0.3) is 5.57 Å². The third-order valence-electron chi connectivity index (χ3n) is 4.45. The van der Waals surface area contributed by atoms with Crippen LogP contribution < -0.4 is 0 Å². The van der Waals surface area contributed by atoms with Gasteiger partial charge in [0, 0.05) is 19.6 Å². The Kier molecular flexibility index (Phi) is 4.97. The average Bonchev–Trinajstić information content (AvgIpc) is 2.87. The van der Waals surface area contributed by atoms with E-state index in [-0.39, 0.29) is 12.5 Å². The van der Waals surface area contributed by atoms with Crippen molar-refractivity contribution < 1.29 is 19.2 Å². The summed E-state index contributed by atoms with van der Waals surface area (Å²) in [5.41, 5.74) is 2.28. The average molecular weight is 353 g/mol. The fraction of sp³-hybridized carbons (Fsp3) is 0.263. The molecule has 0 aliphatic carbocycles. The van der Waals surface area contributed by atoms with E-state index in [4.69, 9.17) is 0 Å². The van der Waals surface area contributed by atoms with Crippen molar-refractivity contribution in [2.75, 3.05) is 26.2 Å². The van der Waals surface area contributed by atoms with E-state index >= 15 is 0 Å². The molecule has 0 spiro atoms. The predicted molar refractivity (Wildman–Crippen MR) is 94.6 cm³/mol. The highest BCUT2D eigenvalue weighted by molar-refractivity contribution is 6.45. The van der Waals surface area contributed by atoms with Gasteiger partial charge >= 0.3 is 17.8 Å². The Morgan fingerprint density at radius 3 is 2.38 bits per heavy atom. The van der Waals surface area contributed by atoms with Crippen molar-refractivity contribution in [3.63, 3.8) is 0 Å². The lowest BCUT2D eigenvalue weighted by Crippen LogP contribution is -2.44. The monoisotopic (exact) mass is 353 g/mol. The minimum atomic E-state index is -0.970. The SMILES string of the molecule is C=CCN1C(=O)C(=O)N(CC(=O)N2CC=C(c3ccccc3)CC2)C1=O. The molecule has 7 nitrogen and oxygen atoms in total. The number of hydrogen-bond acceptors (Lipinski definition) is 4. The summed E-state index contributed by atoms with van der Waals surface area (Å²) in [5.74, 6) is -2.25. The van der Waals surface area contributed by atoms with E-state index in [9.17, 15) is 19.2 Å². The maximum atomic E-state index is 12.5. The fourth-order valence-electron chi connectivity index (χ4n) is 3.03. The predicted octanol–water partition coefficient (Wildman–Crippen LogP) is 1.28. The molecule has 2 heterocycles. The molecule has 5 amide bonds. The van der Waals surface area contributed by atoms with Crippen LogP contribution in [0, 0.1) is 0 Å². The van der Waals surface area contributed by atoms with Gasteiger partial charge < -0.3 is 4.90 Å². The van der Waals surface area contributed by atoms with Gasteiger partial charge in [0.15, 0.2) is 0 Å². The number of urea groups is 1. The number of carbonyl (C=O) groups excluding carboxylic acids is 4. The van der Waals surface area contributed by atoms with Gasteiger partial charge in [-0.15, -0.1) is 6.58 Å². The molecule has 1 aromatic rings. The third-order valence-corrected chi connectivity index (χ3v) is 4.45. The number of carbonyl (C=O) groups is 4. The first kappa shape index (κ1) is 17.6. The molecule has 2 aliphatic heterocycles. The van der Waals surface area contributed by atoms with Crippen LogP contribution in [0.2, 0.25) is 0 Å². The van der Waals surface area contributed by atoms with Crippen LogP contribution in [0.4, 0.5) is 4.79 Å². The highest BCUT2D eigenvalue weighted by Gasteiger charge is 2.45. The second-order valence-corrected chi connectivity index (χ2v) is 6.06. The first-order valence-corrected chi connectivity index (χ1v) is 8.33. The zero-order valence-corrected chi connectivity index (χ0v) is 14.3. The van der Waals surface area contributed by atoms with Crippen molar-refractivity contribution in [3.05, 3.63) is 54.6 Å². The van der Waals surface area contributed by atoms with Gasteiger partial charge in [-0.2, -0.15) is 0 Å². The van der Waals surface area contributed by atoms with E-state index in [1.807, 2.05) is 36.4 Å². The molecule has 1 saturated heterocycles. The molecule has 0 radical (unpaired) electrons. The molecule has 0 N–H and O–H groups in total. The van der Waals surface area contributed by atoms with E-state index in [0.29, 0.717) is 24.4 Å². The van der Waals surface area contributed by atoms with Crippen LogP contribution in [0.5, 0.6) is 0 Å². The summed E-state index contributed by atoms with van der Waals surface area (Å²) in [4.78, 5) is 51.4. The highest BCUT2D eigenvalue weighted by Crippen LogP contribution is 2.22. The molecule has 3 rings (SSSR count). The van der Waals surface area contributed by atoms with Gasteiger partial charge in [0.05, 0.1) is 0 Å². The molecule has 134 valence electrons. The lowest BCUT2D eigenvalue weighted by atomic mass is 9.99. The zero-order valence-electron chi connectivity index (χ0n) is 14.3. The van der Waals surface area contributed by atoms with Crippen molar-refractivity contribution in [1.82, 2.24) is 14.7 Å². The van der Waals surface area contributed by atoms with Crippen LogP contribution in [-0.2, 0) is 14.4 Å². The lowest BCUT2D eigenvalue weighted by Gasteiger charge is -2.28.